The van der Waals surface area contributed by atoms with E-state index >= 15 is 0 Å². The molecule has 0 aliphatic rings. The standard InChI is InChI=1S/C18H15FN6O/c1-26-17-4-2-3-13(18(17)19)9-25-10-16(21-11-25)14-7-12(5-6-20-14)15-8-22-24-23-15/h2-8,10-11H,9H2,1H3,(H,22,23,24). The number of aromatic amines is 1. The molecule has 3 aromatic heterocycles. The number of rotatable bonds is 5. The van der Waals surface area contributed by atoms with Crippen LogP contribution in [0, 0.1) is 5.82 Å². The van der Waals surface area contributed by atoms with Gasteiger partial charge in [0.05, 0.1) is 31.9 Å². The van der Waals surface area contributed by atoms with Crippen LogP contribution in [0.5, 0.6) is 5.75 Å². The second kappa shape index (κ2) is 6.75. The molecule has 26 heavy (non-hydrogen) atoms. The predicted molar refractivity (Wildman–Crippen MR) is 92.9 cm³/mol. The van der Waals surface area contributed by atoms with Crippen molar-refractivity contribution in [3.8, 4) is 28.4 Å². The number of H-pyrrole nitrogens is 1. The first-order valence-electron chi connectivity index (χ1n) is 7.90. The average molecular weight is 350 g/mol. The van der Waals surface area contributed by atoms with Crippen LogP contribution >= 0.6 is 0 Å². The van der Waals surface area contributed by atoms with Crippen LogP contribution < -0.4 is 4.74 Å². The summed E-state index contributed by atoms with van der Waals surface area (Å²) in [5.74, 6) is -0.138. The minimum atomic E-state index is -0.364. The summed E-state index contributed by atoms with van der Waals surface area (Å²) in [6, 6.07) is 8.82. The highest BCUT2D eigenvalue weighted by molar-refractivity contribution is 5.65. The lowest BCUT2D eigenvalue weighted by molar-refractivity contribution is 0.383. The highest BCUT2D eigenvalue weighted by atomic mass is 19.1. The Morgan fingerprint density at radius 1 is 1.15 bits per heavy atom. The molecule has 8 heteroatoms. The lowest BCUT2D eigenvalue weighted by atomic mass is 10.1. The number of halogens is 1. The smallest absolute Gasteiger partial charge is 0.170 e. The Balaban J connectivity index is 1.60. The quantitative estimate of drug-likeness (QED) is 0.598. The average Bonchev–Trinajstić information content (AvgIpc) is 3.36. The second-order valence-corrected chi connectivity index (χ2v) is 5.65. The molecule has 4 rings (SSSR count). The minimum absolute atomic E-state index is 0.227. The molecular formula is C18H15FN6O. The van der Waals surface area contributed by atoms with Crippen molar-refractivity contribution in [1.82, 2.24) is 29.9 Å². The maximum absolute atomic E-state index is 14.3. The number of imidazole rings is 1. The van der Waals surface area contributed by atoms with E-state index in [-0.39, 0.29) is 11.6 Å². The van der Waals surface area contributed by atoms with Crippen LogP contribution in [0.3, 0.4) is 0 Å². The summed E-state index contributed by atoms with van der Waals surface area (Å²) in [6.07, 6.45) is 6.82. The van der Waals surface area contributed by atoms with Gasteiger partial charge in [-0.1, -0.05) is 12.1 Å². The molecule has 0 atom stereocenters. The van der Waals surface area contributed by atoms with E-state index in [1.165, 1.54) is 7.11 Å². The number of aromatic nitrogens is 6. The highest BCUT2D eigenvalue weighted by Gasteiger charge is 2.11. The van der Waals surface area contributed by atoms with Gasteiger partial charge in [-0.05, 0) is 18.2 Å². The van der Waals surface area contributed by atoms with E-state index in [1.54, 1.807) is 41.5 Å². The van der Waals surface area contributed by atoms with Crippen molar-refractivity contribution in [3.05, 3.63) is 66.6 Å². The van der Waals surface area contributed by atoms with Crippen LogP contribution in [-0.4, -0.2) is 37.1 Å². The molecule has 1 N–H and O–H groups in total. The zero-order chi connectivity index (χ0) is 17.9. The van der Waals surface area contributed by atoms with Crippen molar-refractivity contribution in [2.24, 2.45) is 0 Å². The number of pyridine rings is 1. The number of hydrogen-bond acceptors (Lipinski definition) is 5. The topological polar surface area (TPSA) is 81.5 Å². The number of methoxy groups -OCH3 is 1. The Morgan fingerprint density at radius 2 is 2.08 bits per heavy atom. The normalized spacial score (nSPS) is 10.8. The molecule has 1 aromatic carbocycles. The Labute approximate surface area is 148 Å². The van der Waals surface area contributed by atoms with E-state index in [1.807, 2.05) is 18.3 Å². The molecule has 0 saturated carbocycles. The summed E-state index contributed by atoms with van der Waals surface area (Å²) in [4.78, 5) is 8.74. The van der Waals surface area contributed by atoms with Gasteiger partial charge >= 0.3 is 0 Å². The zero-order valence-electron chi connectivity index (χ0n) is 13.9. The summed E-state index contributed by atoms with van der Waals surface area (Å²) in [7, 11) is 1.45. The molecule has 7 nitrogen and oxygen atoms in total. The van der Waals surface area contributed by atoms with Gasteiger partial charge in [0.1, 0.15) is 11.4 Å². The van der Waals surface area contributed by atoms with Gasteiger partial charge in [0, 0.05) is 23.5 Å². The first-order valence-corrected chi connectivity index (χ1v) is 7.90. The van der Waals surface area contributed by atoms with E-state index in [9.17, 15) is 4.39 Å². The maximum Gasteiger partial charge on any atom is 0.170 e. The van der Waals surface area contributed by atoms with Crippen LogP contribution in [0.1, 0.15) is 5.56 Å². The predicted octanol–water partition coefficient (Wildman–Crippen LogP) is 2.93. The molecule has 0 bridgehead atoms. The summed E-state index contributed by atoms with van der Waals surface area (Å²) in [5.41, 5.74) is 3.54. The van der Waals surface area contributed by atoms with Crippen LogP contribution in [0.2, 0.25) is 0 Å². The van der Waals surface area contributed by atoms with Crippen molar-refractivity contribution < 1.29 is 9.13 Å². The number of ether oxygens (including phenoxy) is 1. The molecule has 0 aliphatic heterocycles. The third kappa shape index (κ3) is 3.04. The van der Waals surface area contributed by atoms with Gasteiger partial charge in [-0.15, -0.1) is 0 Å². The van der Waals surface area contributed by atoms with Gasteiger partial charge < -0.3 is 9.30 Å². The van der Waals surface area contributed by atoms with Crippen LogP contribution in [0.4, 0.5) is 4.39 Å². The Kier molecular flexibility index (Phi) is 4.14. The Hall–Kier alpha value is -3.55. The molecular weight excluding hydrogens is 335 g/mol. The molecule has 0 saturated heterocycles. The van der Waals surface area contributed by atoms with Crippen molar-refractivity contribution in [2.75, 3.05) is 7.11 Å². The van der Waals surface area contributed by atoms with Gasteiger partial charge in [-0.25, -0.2) is 9.37 Å². The molecule has 0 fully saturated rings. The largest absolute Gasteiger partial charge is 0.494 e. The van der Waals surface area contributed by atoms with E-state index in [0.717, 1.165) is 11.3 Å². The fourth-order valence-corrected chi connectivity index (χ4v) is 2.68. The number of hydrogen-bond donors (Lipinski definition) is 1. The summed E-state index contributed by atoms with van der Waals surface area (Å²) in [6.45, 7) is 0.346. The maximum atomic E-state index is 14.3. The first kappa shape index (κ1) is 15.9. The fourth-order valence-electron chi connectivity index (χ4n) is 2.68. The van der Waals surface area contributed by atoms with Gasteiger partial charge in [0.2, 0.25) is 0 Å². The zero-order valence-corrected chi connectivity index (χ0v) is 13.9. The van der Waals surface area contributed by atoms with E-state index in [0.29, 0.717) is 23.5 Å². The number of benzene rings is 1. The Morgan fingerprint density at radius 3 is 2.88 bits per heavy atom. The molecule has 0 radical (unpaired) electrons. The second-order valence-electron chi connectivity index (χ2n) is 5.65. The van der Waals surface area contributed by atoms with Crippen LogP contribution in [0.15, 0.2) is 55.2 Å². The molecule has 0 aliphatic carbocycles. The SMILES string of the molecule is COc1cccc(Cn2cnc(-c3cc(-c4cn[nH]n4)ccn3)c2)c1F. The minimum Gasteiger partial charge on any atom is -0.494 e. The number of nitrogens with one attached hydrogen (secondary N) is 1. The van der Waals surface area contributed by atoms with Crippen molar-refractivity contribution in [2.45, 2.75) is 6.54 Å². The van der Waals surface area contributed by atoms with Gasteiger partial charge in [0.15, 0.2) is 11.6 Å². The van der Waals surface area contributed by atoms with Gasteiger partial charge in [-0.2, -0.15) is 15.4 Å². The highest BCUT2D eigenvalue weighted by Crippen LogP contribution is 2.23. The Bertz CT molecular complexity index is 1030. The first-order chi connectivity index (χ1) is 12.7. The molecule has 0 amide bonds. The summed E-state index contributed by atoms with van der Waals surface area (Å²) < 4.78 is 21.1. The van der Waals surface area contributed by atoms with Crippen molar-refractivity contribution in [1.29, 1.82) is 0 Å². The third-order valence-electron chi connectivity index (χ3n) is 3.98. The van der Waals surface area contributed by atoms with Crippen molar-refractivity contribution >= 4 is 0 Å². The molecule has 0 unspecified atom stereocenters. The van der Waals surface area contributed by atoms with E-state index in [2.05, 4.69) is 25.4 Å². The third-order valence-corrected chi connectivity index (χ3v) is 3.98. The van der Waals surface area contributed by atoms with Gasteiger partial charge in [0.25, 0.3) is 0 Å². The number of nitrogens with zero attached hydrogens (tertiary/aromatic N) is 5. The van der Waals surface area contributed by atoms with Crippen LogP contribution in [0.25, 0.3) is 22.6 Å². The van der Waals surface area contributed by atoms with Gasteiger partial charge in [-0.3, -0.25) is 4.98 Å². The molecule has 3 heterocycles. The molecule has 130 valence electrons. The molecule has 4 aromatic rings. The lowest BCUT2D eigenvalue weighted by Gasteiger charge is -2.07. The fraction of sp³-hybridized carbons (Fsp3) is 0.111. The molecule has 0 spiro atoms. The monoisotopic (exact) mass is 350 g/mol. The van der Waals surface area contributed by atoms with Crippen LogP contribution in [-0.2, 0) is 6.54 Å². The van der Waals surface area contributed by atoms with E-state index < -0.39 is 0 Å². The lowest BCUT2D eigenvalue weighted by Crippen LogP contribution is -2.01. The van der Waals surface area contributed by atoms with E-state index in [4.69, 9.17) is 4.74 Å². The van der Waals surface area contributed by atoms with Crippen molar-refractivity contribution in [3.63, 3.8) is 0 Å². The summed E-state index contributed by atoms with van der Waals surface area (Å²) >= 11 is 0. The summed E-state index contributed by atoms with van der Waals surface area (Å²) in [5, 5.41) is 10.5.